The summed E-state index contributed by atoms with van der Waals surface area (Å²) in [5, 5.41) is 5.04. The number of amides is 1. The number of carbonyl (C=O) groups excluding carboxylic acids is 2. The van der Waals surface area contributed by atoms with Gasteiger partial charge in [-0.1, -0.05) is 39.1 Å². The molecule has 10 heteroatoms. The van der Waals surface area contributed by atoms with Gasteiger partial charge in [0.2, 0.25) is 0 Å². The highest BCUT2D eigenvalue weighted by Gasteiger charge is 2.13. The molecular formula is C20H15BrCl2N2O5. The second-order valence-electron chi connectivity index (χ2n) is 5.90. The molecule has 0 aliphatic rings. The summed E-state index contributed by atoms with van der Waals surface area (Å²) in [5.41, 5.74) is 3.48. The van der Waals surface area contributed by atoms with E-state index in [1.807, 2.05) is 12.1 Å². The lowest BCUT2D eigenvalue weighted by Crippen LogP contribution is -2.16. The van der Waals surface area contributed by atoms with Crippen LogP contribution in [0.5, 0.6) is 5.75 Å². The zero-order chi connectivity index (χ0) is 21.7. The second-order valence-corrected chi connectivity index (χ2v) is 7.63. The molecule has 1 aromatic heterocycles. The fourth-order valence-electron chi connectivity index (χ4n) is 2.47. The Morgan fingerprint density at radius 3 is 2.63 bits per heavy atom. The minimum absolute atomic E-state index is 0.124. The van der Waals surface area contributed by atoms with E-state index in [-0.39, 0.29) is 34.8 Å². The van der Waals surface area contributed by atoms with Crippen molar-refractivity contribution >= 4 is 68.2 Å². The number of ether oxygens (including phenoxy) is 2. The molecule has 3 rings (SSSR count). The minimum atomic E-state index is -0.532. The van der Waals surface area contributed by atoms with E-state index in [0.29, 0.717) is 11.1 Å². The smallest absolute Gasteiger partial charge is 0.344 e. The average molecular weight is 514 g/mol. The molecule has 1 heterocycles. The first kappa shape index (κ1) is 22.1. The highest BCUT2D eigenvalue weighted by molar-refractivity contribution is 9.10. The van der Waals surface area contributed by atoms with Crippen molar-refractivity contribution in [2.75, 3.05) is 13.2 Å². The van der Waals surface area contributed by atoms with Crippen LogP contribution in [-0.4, -0.2) is 31.3 Å². The van der Waals surface area contributed by atoms with E-state index in [4.69, 9.17) is 37.1 Å². The normalized spacial score (nSPS) is 11.1. The third kappa shape index (κ3) is 5.53. The number of esters is 1. The van der Waals surface area contributed by atoms with E-state index in [9.17, 15) is 9.59 Å². The molecule has 2 aromatic carbocycles. The Labute approximate surface area is 190 Å². The largest absolute Gasteiger partial charge is 0.479 e. The number of hydrazone groups is 1. The molecule has 0 saturated heterocycles. The van der Waals surface area contributed by atoms with Crippen LogP contribution in [0.2, 0.25) is 10.0 Å². The molecule has 3 aromatic rings. The van der Waals surface area contributed by atoms with E-state index in [1.54, 1.807) is 19.1 Å². The maximum absolute atomic E-state index is 12.2. The molecule has 7 nitrogen and oxygen atoms in total. The number of hydrogen-bond acceptors (Lipinski definition) is 6. The van der Waals surface area contributed by atoms with Gasteiger partial charge in [-0.2, -0.15) is 5.10 Å². The van der Waals surface area contributed by atoms with E-state index in [2.05, 4.69) is 26.5 Å². The van der Waals surface area contributed by atoms with Crippen molar-refractivity contribution in [3.63, 3.8) is 0 Å². The van der Waals surface area contributed by atoms with Gasteiger partial charge in [0, 0.05) is 9.86 Å². The lowest BCUT2D eigenvalue weighted by atomic mass is 10.2. The average Bonchev–Trinajstić information content (AvgIpc) is 3.11. The Hall–Kier alpha value is -2.55. The van der Waals surface area contributed by atoms with Crippen molar-refractivity contribution in [1.82, 2.24) is 5.43 Å². The lowest BCUT2D eigenvalue weighted by molar-refractivity contribution is -0.145. The summed E-state index contributed by atoms with van der Waals surface area (Å²) >= 11 is 15.7. The van der Waals surface area contributed by atoms with Gasteiger partial charge in [-0.25, -0.2) is 10.2 Å². The molecule has 156 valence electrons. The van der Waals surface area contributed by atoms with Crippen molar-refractivity contribution in [2.45, 2.75) is 6.92 Å². The first-order chi connectivity index (χ1) is 14.4. The van der Waals surface area contributed by atoms with Gasteiger partial charge in [0.25, 0.3) is 0 Å². The van der Waals surface area contributed by atoms with E-state index < -0.39 is 11.9 Å². The Kier molecular flexibility index (Phi) is 7.36. The van der Waals surface area contributed by atoms with Gasteiger partial charge < -0.3 is 13.9 Å². The van der Waals surface area contributed by atoms with Gasteiger partial charge in [0.1, 0.15) is 5.58 Å². The highest BCUT2D eigenvalue weighted by Crippen LogP contribution is 2.33. The summed E-state index contributed by atoms with van der Waals surface area (Å²) in [7, 11) is 0. The van der Waals surface area contributed by atoms with E-state index in [0.717, 1.165) is 9.86 Å². The quantitative estimate of drug-likeness (QED) is 0.266. The third-order valence-corrected chi connectivity index (χ3v) is 4.80. The minimum Gasteiger partial charge on any atom is -0.479 e. The predicted molar refractivity (Wildman–Crippen MR) is 118 cm³/mol. The lowest BCUT2D eigenvalue weighted by Gasteiger charge is -2.10. The molecule has 0 atom stereocenters. The van der Waals surface area contributed by atoms with Crippen LogP contribution in [-0.2, 0) is 9.53 Å². The Balaban J connectivity index is 1.65. The number of hydrogen-bond donors (Lipinski definition) is 1. The van der Waals surface area contributed by atoms with Gasteiger partial charge in [-0.15, -0.1) is 0 Å². The first-order valence-electron chi connectivity index (χ1n) is 8.67. The Bertz CT molecular complexity index is 1110. The van der Waals surface area contributed by atoms with Crippen LogP contribution in [0.15, 0.2) is 50.4 Å². The molecule has 0 saturated carbocycles. The van der Waals surface area contributed by atoms with Crippen LogP contribution in [0.1, 0.15) is 23.0 Å². The number of benzene rings is 2. The Morgan fingerprint density at radius 1 is 1.20 bits per heavy atom. The monoisotopic (exact) mass is 512 g/mol. The van der Waals surface area contributed by atoms with Gasteiger partial charge in [0.05, 0.1) is 22.9 Å². The van der Waals surface area contributed by atoms with Crippen molar-refractivity contribution in [1.29, 1.82) is 0 Å². The molecule has 0 unspecified atom stereocenters. The zero-order valence-corrected chi connectivity index (χ0v) is 18.7. The van der Waals surface area contributed by atoms with Gasteiger partial charge >= 0.3 is 11.9 Å². The Morgan fingerprint density at radius 2 is 1.93 bits per heavy atom. The summed E-state index contributed by atoms with van der Waals surface area (Å²) < 4.78 is 16.5. The van der Waals surface area contributed by atoms with Crippen molar-refractivity contribution in [3.05, 3.63) is 62.2 Å². The highest BCUT2D eigenvalue weighted by atomic mass is 79.9. The molecule has 0 aliphatic heterocycles. The van der Waals surface area contributed by atoms with Crippen molar-refractivity contribution in [2.24, 2.45) is 5.10 Å². The van der Waals surface area contributed by atoms with Gasteiger partial charge in [-0.05, 0) is 48.9 Å². The summed E-state index contributed by atoms with van der Waals surface area (Å²) in [6.07, 6.45) is 1.37. The molecule has 0 fully saturated rings. The van der Waals surface area contributed by atoms with Gasteiger partial charge in [0.15, 0.2) is 18.1 Å². The summed E-state index contributed by atoms with van der Waals surface area (Å²) in [4.78, 5) is 23.6. The van der Waals surface area contributed by atoms with Crippen LogP contribution in [0, 0.1) is 0 Å². The summed E-state index contributed by atoms with van der Waals surface area (Å²) in [5.74, 6) is -0.763. The number of rotatable bonds is 7. The molecule has 1 amide bonds. The number of carbonyl (C=O) groups is 2. The maximum Gasteiger partial charge on any atom is 0.344 e. The predicted octanol–water partition coefficient (Wildman–Crippen LogP) is 5.21. The van der Waals surface area contributed by atoms with Gasteiger partial charge in [-0.3, -0.25) is 4.79 Å². The van der Waals surface area contributed by atoms with Crippen molar-refractivity contribution < 1.29 is 23.5 Å². The summed E-state index contributed by atoms with van der Waals surface area (Å²) in [6.45, 7) is 1.62. The van der Waals surface area contributed by atoms with Crippen LogP contribution in [0.25, 0.3) is 11.0 Å². The van der Waals surface area contributed by atoms with Crippen LogP contribution in [0.4, 0.5) is 0 Å². The van der Waals surface area contributed by atoms with Crippen LogP contribution in [0.3, 0.4) is 0 Å². The maximum atomic E-state index is 12.2. The topological polar surface area (TPSA) is 90.1 Å². The molecule has 0 spiro atoms. The molecular weight excluding hydrogens is 499 g/mol. The molecule has 0 aliphatic carbocycles. The van der Waals surface area contributed by atoms with Crippen molar-refractivity contribution in [3.8, 4) is 5.75 Å². The zero-order valence-electron chi connectivity index (χ0n) is 15.6. The number of nitrogens with one attached hydrogen (secondary N) is 1. The number of furan rings is 1. The summed E-state index contributed by atoms with van der Waals surface area (Å²) in [6, 6.07) is 10.1. The fourth-order valence-corrected chi connectivity index (χ4v) is 3.46. The molecule has 1 N–H and O–H groups in total. The van der Waals surface area contributed by atoms with Crippen LogP contribution < -0.4 is 10.2 Å². The molecule has 30 heavy (non-hydrogen) atoms. The number of halogens is 3. The first-order valence-corrected chi connectivity index (χ1v) is 10.2. The standard InChI is InChI=1S/C20H15BrCl2N2O5/c1-2-28-18(26)10-29-19-14(22)5-11(6-15(19)23)9-24-25-20(27)17-8-12-7-13(21)3-4-16(12)30-17/h3-9H,2,10H2,1H3,(H,25,27)/b24-9+. The van der Waals surface area contributed by atoms with E-state index >= 15 is 0 Å². The fraction of sp³-hybridized carbons (Fsp3) is 0.150. The second kappa shape index (κ2) is 9.97. The third-order valence-electron chi connectivity index (χ3n) is 3.74. The van der Waals surface area contributed by atoms with E-state index in [1.165, 1.54) is 18.3 Å². The SMILES string of the molecule is CCOC(=O)COc1c(Cl)cc(/C=N/NC(=O)c2cc3cc(Br)ccc3o2)cc1Cl. The number of fused-ring (bicyclic) bond motifs is 1. The van der Waals surface area contributed by atoms with Crippen LogP contribution >= 0.6 is 39.1 Å². The molecule has 0 bridgehead atoms. The molecule has 0 radical (unpaired) electrons. The number of nitrogens with zero attached hydrogens (tertiary/aromatic N) is 1.